The van der Waals surface area contributed by atoms with Crippen LogP contribution in [0.1, 0.15) is 40.0 Å². The van der Waals surface area contributed by atoms with Gasteiger partial charge >= 0.3 is 0 Å². The van der Waals surface area contributed by atoms with Crippen LogP contribution in [0.15, 0.2) is 0 Å². The van der Waals surface area contributed by atoms with Crippen LogP contribution >= 0.6 is 0 Å². The molecule has 1 rings (SSSR count). The lowest BCUT2D eigenvalue weighted by atomic mass is 9.96. The highest BCUT2D eigenvalue weighted by Crippen LogP contribution is 2.23. The number of nitrogens with zero attached hydrogens (tertiary/aromatic N) is 1. The van der Waals surface area contributed by atoms with Gasteiger partial charge in [-0.1, -0.05) is 6.92 Å². The SMILES string of the molecule is CC[C@H]1CC[C@H](OC)CN1C(C)C. The summed E-state index contributed by atoms with van der Waals surface area (Å²) in [5.74, 6) is 0. The molecule has 1 saturated heterocycles. The molecule has 13 heavy (non-hydrogen) atoms. The summed E-state index contributed by atoms with van der Waals surface area (Å²) in [7, 11) is 1.83. The van der Waals surface area contributed by atoms with E-state index in [0.717, 1.165) is 12.6 Å². The van der Waals surface area contributed by atoms with Crippen molar-refractivity contribution in [2.45, 2.75) is 58.2 Å². The van der Waals surface area contributed by atoms with Gasteiger partial charge in [0.1, 0.15) is 0 Å². The lowest BCUT2D eigenvalue weighted by molar-refractivity contribution is -0.00908. The fourth-order valence-electron chi connectivity index (χ4n) is 2.28. The highest BCUT2D eigenvalue weighted by atomic mass is 16.5. The molecule has 1 heterocycles. The monoisotopic (exact) mass is 185 g/mol. The Morgan fingerprint density at radius 3 is 2.54 bits per heavy atom. The molecule has 0 amide bonds. The van der Waals surface area contributed by atoms with Gasteiger partial charge in [0.15, 0.2) is 0 Å². The minimum absolute atomic E-state index is 0.463. The summed E-state index contributed by atoms with van der Waals surface area (Å²) >= 11 is 0. The first-order chi connectivity index (χ1) is 6.19. The van der Waals surface area contributed by atoms with E-state index in [1.54, 1.807) is 0 Å². The summed E-state index contributed by atoms with van der Waals surface area (Å²) < 4.78 is 5.42. The molecule has 1 aliphatic heterocycles. The van der Waals surface area contributed by atoms with Crippen LogP contribution in [0.3, 0.4) is 0 Å². The third kappa shape index (κ3) is 2.68. The summed E-state index contributed by atoms with van der Waals surface area (Å²) in [4.78, 5) is 2.58. The third-order valence-electron chi connectivity index (χ3n) is 3.17. The molecule has 0 bridgehead atoms. The van der Waals surface area contributed by atoms with Crippen molar-refractivity contribution >= 4 is 0 Å². The van der Waals surface area contributed by atoms with Gasteiger partial charge in [0.2, 0.25) is 0 Å². The van der Waals surface area contributed by atoms with E-state index >= 15 is 0 Å². The molecular formula is C11H23NO. The second kappa shape index (κ2) is 4.97. The Morgan fingerprint density at radius 2 is 2.08 bits per heavy atom. The highest BCUT2D eigenvalue weighted by Gasteiger charge is 2.28. The maximum Gasteiger partial charge on any atom is 0.0699 e. The molecular weight excluding hydrogens is 162 g/mol. The van der Waals surface area contributed by atoms with Crippen LogP contribution < -0.4 is 0 Å². The molecule has 1 fully saturated rings. The van der Waals surface area contributed by atoms with Crippen LogP contribution in [-0.2, 0) is 4.74 Å². The first-order valence-corrected chi connectivity index (χ1v) is 5.47. The van der Waals surface area contributed by atoms with Crippen molar-refractivity contribution in [3.63, 3.8) is 0 Å². The van der Waals surface area contributed by atoms with Crippen molar-refractivity contribution in [2.24, 2.45) is 0 Å². The van der Waals surface area contributed by atoms with E-state index in [9.17, 15) is 0 Å². The van der Waals surface area contributed by atoms with Crippen molar-refractivity contribution in [1.82, 2.24) is 4.90 Å². The molecule has 0 N–H and O–H groups in total. The van der Waals surface area contributed by atoms with Gasteiger partial charge in [0.05, 0.1) is 6.10 Å². The van der Waals surface area contributed by atoms with E-state index < -0.39 is 0 Å². The molecule has 0 aliphatic carbocycles. The number of hydrogen-bond acceptors (Lipinski definition) is 2. The van der Waals surface area contributed by atoms with Gasteiger partial charge in [0, 0.05) is 25.7 Å². The molecule has 0 spiro atoms. The summed E-state index contributed by atoms with van der Waals surface area (Å²) in [5.41, 5.74) is 0. The molecule has 0 aromatic rings. The molecule has 2 nitrogen and oxygen atoms in total. The first kappa shape index (κ1) is 11.0. The maximum absolute atomic E-state index is 5.42. The van der Waals surface area contributed by atoms with Gasteiger partial charge in [-0.15, -0.1) is 0 Å². The van der Waals surface area contributed by atoms with E-state index in [2.05, 4.69) is 25.7 Å². The lowest BCUT2D eigenvalue weighted by Gasteiger charge is -2.41. The van der Waals surface area contributed by atoms with Crippen LogP contribution in [0.4, 0.5) is 0 Å². The van der Waals surface area contributed by atoms with E-state index in [1.165, 1.54) is 19.3 Å². The second-order valence-corrected chi connectivity index (χ2v) is 4.29. The molecule has 2 atom stereocenters. The van der Waals surface area contributed by atoms with Crippen LogP contribution in [0.5, 0.6) is 0 Å². The normalized spacial score (nSPS) is 31.2. The van der Waals surface area contributed by atoms with Gasteiger partial charge in [-0.05, 0) is 33.1 Å². The molecule has 2 heteroatoms. The zero-order valence-corrected chi connectivity index (χ0v) is 9.42. The predicted molar refractivity (Wildman–Crippen MR) is 56.0 cm³/mol. The lowest BCUT2D eigenvalue weighted by Crippen LogP contribution is -2.49. The average Bonchev–Trinajstić information content (AvgIpc) is 2.16. The van der Waals surface area contributed by atoms with Crippen molar-refractivity contribution in [2.75, 3.05) is 13.7 Å². The van der Waals surface area contributed by atoms with Gasteiger partial charge in [0.25, 0.3) is 0 Å². The van der Waals surface area contributed by atoms with E-state index in [4.69, 9.17) is 4.74 Å². The van der Waals surface area contributed by atoms with Crippen LogP contribution in [0, 0.1) is 0 Å². The Morgan fingerprint density at radius 1 is 1.38 bits per heavy atom. The van der Waals surface area contributed by atoms with Crippen molar-refractivity contribution in [1.29, 1.82) is 0 Å². The maximum atomic E-state index is 5.42. The van der Waals surface area contributed by atoms with Crippen LogP contribution in [-0.4, -0.2) is 36.7 Å². The molecule has 1 aliphatic rings. The van der Waals surface area contributed by atoms with Crippen LogP contribution in [0.25, 0.3) is 0 Å². The molecule has 78 valence electrons. The van der Waals surface area contributed by atoms with Crippen molar-refractivity contribution in [3.05, 3.63) is 0 Å². The third-order valence-corrected chi connectivity index (χ3v) is 3.17. The molecule has 0 aromatic heterocycles. The summed E-state index contributed by atoms with van der Waals surface area (Å²) in [6.07, 6.45) is 4.27. The predicted octanol–water partition coefficient (Wildman–Crippen LogP) is 2.28. The van der Waals surface area contributed by atoms with E-state index in [-0.39, 0.29) is 0 Å². The van der Waals surface area contributed by atoms with Crippen molar-refractivity contribution < 1.29 is 4.74 Å². The molecule has 0 radical (unpaired) electrons. The number of likely N-dealkylation sites (tertiary alicyclic amines) is 1. The first-order valence-electron chi connectivity index (χ1n) is 5.47. The minimum atomic E-state index is 0.463. The Bertz CT molecular complexity index is 147. The van der Waals surface area contributed by atoms with Gasteiger partial charge < -0.3 is 4.74 Å². The smallest absolute Gasteiger partial charge is 0.0699 e. The van der Waals surface area contributed by atoms with E-state index in [1.807, 2.05) is 7.11 Å². The van der Waals surface area contributed by atoms with Crippen molar-refractivity contribution in [3.8, 4) is 0 Å². The number of ether oxygens (including phenoxy) is 1. The number of piperidine rings is 1. The second-order valence-electron chi connectivity index (χ2n) is 4.29. The molecule has 0 unspecified atom stereocenters. The number of rotatable bonds is 3. The Balaban J connectivity index is 2.52. The summed E-state index contributed by atoms with van der Waals surface area (Å²) in [5, 5.41) is 0. The fourth-order valence-corrected chi connectivity index (χ4v) is 2.28. The largest absolute Gasteiger partial charge is 0.380 e. The molecule has 0 saturated carbocycles. The Hall–Kier alpha value is -0.0800. The van der Waals surface area contributed by atoms with Gasteiger partial charge in [-0.3, -0.25) is 4.90 Å². The van der Waals surface area contributed by atoms with Crippen LogP contribution in [0.2, 0.25) is 0 Å². The zero-order valence-electron chi connectivity index (χ0n) is 9.42. The molecule has 0 aromatic carbocycles. The standard InChI is InChI=1S/C11H23NO/c1-5-10-6-7-11(13-4)8-12(10)9(2)3/h9-11H,5-8H2,1-4H3/t10-,11-/m0/s1. The van der Waals surface area contributed by atoms with E-state index in [0.29, 0.717) is 12.1 Å². The fraction of sp³-hybridized carbons (Fsp3) is 1.00. The topological polar surface area (TPSA) is 12.5 Å². The number of methoxy groups -OCH3 is 1. The Labute approximate surface area is 82.3 Å². The quantitative estimate of drug-likeness (QED) is 0.669. The van der Waals surface area contributed by atoms with Gasteiger partial charge in [-0.2, -0.15) is 0 Å². The average molecular weight is 185 g/mol. The zero-order chi connectivity index (χ0) is 9.84. The van der Waals surface area contributed by atoms with Gasteiger partial charge in [-0.25, -0.2) is 0 Å². The summed E-state index contributed by atoms with van der Waals surface area (Å²) in [6.45, 7) is 7.96. The highest BCUT2D eigenvalue weighted by molar-refractivity contribution is 4.83. The Kier molecular flexibility index (Phi) is 4.20. The number of hydrogen-bond donors (Lipinski definition) is 0. The minimum Gasteiger partial charge on any atom is -0.380 e. The summed E-state index contributed by atoms with van der Waals surface area (Å²) in [6, 6.07) is 1.44.